The molecule has 0 fully saturated rings. The first kappa shape index (κ1) is 13.4. The maximum absolute atomic E-state index is 11.1. The lowest BCUT2D eigenvalue weighted by Gasteiger charge is -2.13. The zero-order chi connectivity index (χ0) is 14.7. The first-order valence-corrected chi connectivity index (χ1v) is 7.33. The molecule has 3 aromatic rings. The van der Waals surface area contributed by atoms with Gasteiger partial charge < -0.3 is 10.5 Å². The molecular weight excluding hydrogens is 282 g/mol. The van der Waals surface area contributed by atoms with Crippen LogP contribution in [0.25, 0.3) is 21.6 Å². The Morgan fingerprint density at radius 1 is 0.952 bits per heavy atom. The Morgan fingerprint density at radius 2 is 1.76 bits per heavy atom. The molecule has 0 unspecified atom stereocenters. The molecule has 104 valence electrons. The van der Waals surface area contributed by atoms with Crippen molar-refractivity contribution < 1.29 is 9.53 Å². The maximum Gasteiger partial charge on any atom is 0.409 e. The molecule has 2 aromatic carbocycles. The van der Waals surface area contributed by atoms with E-state index in [2.05, 4.69) is 0 Å². The van der Waals surface area contributed by atoms with Crippen LogP contribution in [0.3, 0.4) is 0 Å². The van der Waals surface area contributed by atoms with Crippen LogP contribution in [0, 0.1) is 0 Å². The Bertz CT molecular complexity index is 752. The maximum atomic E-state index is 11.1. The van der Waals surface area contributed by atoms with Gasteiger partial charge in [0.1, 0.15) is 5.75 Å². The van der Waals surface area contributed by atoms with Crippen LogP contribution < -0.4 is 10.5 Å². The molecule has 0 aliphatic carbocycles. The van der Waals surface area contributed by atoms with Crippen molar-refractivity contribution >= 4 is 17.4 Å². The fourth-order valence-corrected chi connectivity index (χ4v) is 3.05. The summed E-state index contributed by atoms with van der Waals surface area (Å²) in [7, 11) is 0. The van der Waals surface area contributed by atoms with E-state index in [1.807, 2.05) is 60.0 Å². The van der Waals surface area contributed by atoms with E-state index in [1.165, 1.54) is 0 Å². The SMILES string of the molecule is NC(=O)Oc1cccc(-c2ccccc2)c1-c1cccs1. The van der Waals surface area contributed by atoms with E-state index < -0.39 is 6.09 Å². The van der Waals surface area contributed by atoms with Gasteiger partial charge in [-0.3, -0.25) is 0 Å². The van der Waals surface area contributed by atoms with Gasteiger partial charge in [-0.15, -0.1) is 11.3 Å². The number of rotatable bonds is 3. The molecule has 0 radical (unpaired) electrons. The average molecular weight is 295 g/mol. The Kier molecular flexibility index (Phi) is 3.71. The zero-order valence-corrected chi connectivity index (χ0v) is 12.0. The summed E-state index contributed by atoms with van der Waals surface area (Å²) < 4.78 is 5.18. The van der Waals surface area contributed by atoms with E-state index in [1.54, 1.807) is 17.4 Å². The second-order valence-corrected chi connectivity index (χ2v) is 5.39. The highest BCUT2D eigenvalue weighted by Gasteiger charge is 2.15. The first-order valence-electron chi connectivity index (χ1n) is 6.45. The first-order chi connectivity index (χ1) is 10.3. The Morgan fingerprint density at radius 3 is 2.43 bits per heavy atom. The lowest BCUT2D eigenvalue weighted by atomic mass is 9.98. The van der Waals surface area contributed by atoms with Gasteiger partial charge in [0.25, 0.3) is 0 Å². The second kappa shape index (κ2) is 5.81. The van der Waals surface area contributed by atoms with Gasteiger partial charge >= 0.3 is 6.09 Å². The van der Waals surface area contributed by atoms with Gasteiger partial charge in [-0.05, 0) is 28.6 Å². The molecule has 0 aliphatic heterocycles. The number of thiophene rings is 1. The number of hydrogen-bond donors (Lipinski definition) is 1. The molecule has 0 bridgehead atoms. The highest BCUT2D eigenvalue weighted by atomic mass is 32.1. The standard InChI is InChI=1S/C17H13NO2S/c18-17(19)20-14-9-4-8-13(12-6-2-1-3-7-12)16(14)15-10-5-11-21-15/h1-11H,(H2,18,19). The summed E-state index contributed by atoms with van der Waals surface area (Å²) in [4.78, 5) is 12.2. The van der Waals surface area contributed by atoms with Crippen molar-refractivity contribution in [2.45, 2.75) is 0 Å². The monoisotopic (exact) mass is 295 g/mol. The van der Waals surface area contributed by atoms with Crippen LogP contribution in [0.15, 0.2) is 66.0 Å². The minimum atomic E-state index is -0.807. The van der Waals surface area contributed by atoms with Crippen LogP contribution in [0.1, 0.15) is 0 Å². The van der Waals surface area contributed by atoms with Crippen LogP contribution in [-0.4, -0.2) is 6.09 Å². The molecule has 3 nitrogen and oxygen atoms in total. The average Bonchev–Trinajstić information content (AvgIpc) is 3.01. The number of carbonyl (C=O) groups excluding carboxylic acids is 1. The molecule has 1 heterocycles. The number of carbonyl (C=O) groups is 1. The minimum absolute atomic E-state index is 0.478. The number of hydrogen-bond acceptors (Lipinski definition) is 3. The molecule has 3 rings (SSSR count). The number of primary amides is 1. The third kappa shape index (κ3) is 2.80. The Hall–Kier alpha value is -2.59. The molecule has 0 saturated heterocycles. The number of ether oxygens (including phenoxy) is 1. The van der Waals surface area contributed by atoms with Gasteiger partial charge in [-0.1, -0.05) is 48.5 Å². The van der Waals surface area contributed by atoms with Crippen molar-refractivity contribution in [1.29, 1.82) is 0 Å². The predicted molar refractivity (Wildman–Crippen MR) is 85.4 cm³/mol. The topological polar surface area (TPSA) is 52.3 Å². The van der Waals surface area contributed by atoms with Crippen LogP contribution in [-0.2, 0) is 0 Å². The summed E-state index contributed by atoms with van der Waals surface area (Å²) in [6, 6.07) is 19.6. The largest absolute Gasteiger partial charge is 0.410 e. The molecule has 0 saturated carbocycles. The summed E-state index contributed by atoms with van der Waals surface area (Å²) in [6.07, 6.45) is -0.807. The number of benzene rings is 2. The molecule has 4 heteroatoms. The van der Waals surface area contributed by atoms with E-state index in [0.29, 0.717) is 5.75 Å². The molecule has 0 atom stereocenters. The number of amides is 1. The smallest absolute Gasteiger partial charge is 0.409 e. The molecule has 2 N–H and O–H groups in total. The quantitative estimate of drug-likeness (QED) is 0.771. The summed E-state index contributed by atoms with van der Waals surface area (Å²) in [5.41, 5.74) is 8.14. The highest BCUT2D eigenvalue weighted by molar-refractivity contribution is 7.13. The summed E-state index contributed by atoms with van der Waals surface area (Å²) in [5, 5.41) is 1.99. The fraction of sp³-hybridized carbons (Fsp3) is 0. The van der Waals surface area contributed by atoms with Gasteiger partial charge in [0.05, 0.1) is 0 Å². The van der Waals surface area contributed by atoms with Crippen molar-refractivity contribution in [3.63, 3.8) is 0 Å². The van der Waals surface area contributed by atoms with Gasteiger partial charge in [-0.25, -0.2) is 4.79 Å². The van der Waals surface area contributed by atoms with E-state index in [-0.39, 0.29) is 0 Å². The van der Waals surface area contributed by atoms with E-state index >= 15 is 0 Å². The summed E-state index contributed by atoms with van der Waals surface area (Å²) in [6.45, 7) is 0. The van der Waals surface area contributed by atoms with Gasteiger partial charge in [0.15, 0.2) is 0 Å². The van der Waals surface area contributed by atoms with Crippen LogP contribution in [0.4, 0.5) is 4.79 Å². The molecular formula is C17H13NO2S. The normalized spacial score (nSPS) is 10.3. The van der Waals surface area contributed by atoms with Crippen molar-refractivity contribution in [2.24, 2.45) is 5.73 Å². The van der Waals surface area contributed by atoms with Crippen LogP contribution >= 0.6 is 11.3 Å². The van der Waals surface area contributed by atoms with E-state index in [9.17, 15) is 4.79 Å². The second-order valence-electron chi connectivity index (χ2n) is 4.44. The Balaban J connectivity index is 2.22. The molecule has 21 heavy (non-hydrogen) atoms. The van der Waals surface area contributed by atoms with Crippen molar-refractivity contribution in [3.8, 4) is 27.3 Å². The van der Waals surface area contributed by atoms with Crippen molar-refractivity contribution in [1.82, 2.24) is 0 Å². The molecule has 1 aromatic heterocycles. The van der Waals surface area contributed by atoms with Gasteiger partial charge in [0.2, 0.25) is 0 Å². The molecule has 0 spiro atoms. The Labute approximate surface area is 126 Å². The van der Waals surface area contributed by atoms with Crippen molar-refractivity contribution in [2.75, 3.05) is 0 Å². The zero-order valence-electron chi connectivity index (χ0n) is 11.2. The fourth-order valence-electron chi connectivity index (χ4n) is 2.26. The highest BCUT2D eigenvalue weighted by Crippen LogP contribution is 2.41. The van der Waals surface area contributed by atoms with Gasteiger partial charge in [0, 0.05) is 10.4 Å². The molecule has 0 aliphatic rings. The van der Waals surface area contributed by atoms with E-state index in [4.69, 9.17) is 10.5 Å². The van der Waals surface area contributed by atoms with E-state index in [0.717, 1.165) is 21.6 Å². The van der Waals surface area contributed by atoms with Gasteiger partial charge in [-0.2, -0.15) is 0 Å². The van der Waals surface area contributed by atoms with Crippen molar-refractivity contribution in [3.05, 3.63) is 66.0 Å². The minimum Gasteiger partial charge on any atom is -0.410 e. The third-order valence-electron chi connectivity index (χ3n) is 3.09. The molecule has 1 amide bonds. The predicted octanol–water partition coefficient (Wildman–Crippen LogP) is 4.54. The summed E-state index contributed by atoms with van der Waals surface area (Å²) >= 11 is 1.59. The lowest BCUT2D eigenvalue weighted by molar-refractivity contribution is 0.211. The lowest BCUT2D eigenvalue weighted by Crippen LogP contribution is -2.16. The van der Waals surface area contributed by atoms with Crippen LogP contribution in [0.2, 0.25) is 0 Å². The number of nitrogens with two attached hydrogens (primary N) is 1. The van der Waals surface area contributed by atoms with Crippen LogP contribution in [0.5, 0.6) is 5.75 Å². The third-order valence-corrected chi connectivity index (χ3v) is 3.98. The summed E-state index contributed by atoms with van der Waals surface area (Å²) in [5.74, 6) is 0.478.